The first-order valence-corrected chi connectivity index (χ1v) is 7.57. The van der Waals surface area contributed by atoms with Gasteiger partial charge >= 0.3 is 0 Å². The Morgan fingerprint density at radius 1 is 1.09 bits per heavy atom. The Hall–Kier alpha value is -2.14. The number of rotatable bonds is 2. The molecule has 1 amide bonds. The van der Waals surface area contributed by atoms with Crippen LogP contribution in [-0.4, -0.2) is 46.9 Å². The topological polar surface area (TPSA) is 47.4 Å². The van der Waals surface area contributed by atoms with Crippen LogP contribution in [0.2, 0.25) is 0 Å². The van der Waals surface area contributed by atoms with Crippen LogP contribution in [-0.2, 0) is 4.74 Å². The number of nitrogens with zero attached hydrogens (tertiary/aromatic N) is 3. The van der Waals surface area contributed by atoms with Crippen LogP contribution in [0.25, 0.3) is 5.69 Å². The maximum atomic E-state index is 12.5. The SMILES string of the molecule is Cc1ccc(-n2nc(C(=O)N3CCOCC3)cc2C)cc1C. The Labute approximate surface area is 130 Å². The summed E-state index contributed by atoms with van der Waals surface area (Å²) < 4.78 is 7.12. The highest BCUT2D eigenvalue weighted by atomic mass is 16.5. The van der Waals surface area contributed by atoms with Crippen LogP contribution in [0.1, 0.15) is 27.3 Å². The number of aryl methyl sites for hydroxylation is 3. The van der Waals surface area contributed by atoms with Crippen molar-refractivity contribution in [2.45, 2.75) is 20.8 Å². The number of hydrogen-bond donors (Lipinski definition) is 0. The van der Waals surface area contributed by atoms with Crippen LogP contribution in [0, 0.1) is 20.8 Å². The predicted octanol–water partition coefficient (Wildman–Crippen LogP) is 2.27. The maximum Gasteiger partial charge on any atom is 0.274 e. The van der Waals surface area contributed by atoms with E-state index in [1.54, 1.807) is 4.90 Å². The molecule has 1 aliphatic heterocycles. The molecular weight excluding hydrogens is 278 g/mol. The highest BCUT2D eigenvalue weighted by molar-refractivity contribution is 5.92. The number of hydrogen-bond acceptors (Lipinski definition) is 3. The molecular formula is C17H21N3O2. The standard InChI is InChI=1S/C17H21N3O2/c1-12-4-5-15(10-13(12)2)20-14(3)11-16(18-20)17(21)19-6-8-22-9-7-19/h4-5,10-11H,6-9H2,1-3H3. The zero-order valence-electron chi connectivity index (χ0n) is 13.3. The largest absolute Gasteiger partial charge is 0.378 e. The van der Waals surface area contributed by atoms with Gasteiger partial charge in [-0.05, 0) is 50.1 Å². The van der Waals surface area contributed by atoms with Crippen LogP contribution < -0.4 is 0 Å². The Bertz CT molecular complexity index is 700. The molecule has 3 rings (SSSR count). The molecule has 0 saturated carbocycles. The summed E-state index contributed by atoms with van der Waals surface area (Å²) in [5.41, 5.74) is 4.91. The Morgan fingerprint density at radius 2 is 1.82 bits per heavy atom. The van der Waals surface area contributed by atoms with E-state index in [0.717, 1.165) is 11.4 Å². The van der Waals surface area contributed by atoms with Crippen molar-refractivity contribution in [2.24, 2.45) is 0 Å². The van der Waals surface area contributed by atoms with Crippen LogP contribution >= 0.6 is 0 Å². The molecule has 0 unspecified atom stereocenters. The zero-order valence-corrected chi connectivity index (χ0v) is 13.3. The van der Waals surface area contributed by atoms with Gasteiger partial charge in [0.15, 0.2) is 5.69 Å². The van der Waals surface area contributed by atoms with E-state index in [9.17, 15) is 4.79 Å². The molecule has 0 spiro atoms. The van der Waals surface area contributed by atoms with E-state index in [4.69, 9.17) is 4.74 Å². The first-order valence-electron chi connectivity index (χ1n) is 7.57. The van der Waals surface area contributed by atoms with Gasteiger partial charge in [-0.1, -0.05) is 6.07 Å². The number of aromatic nitrogens is 2. The van der Waals surface area contributed by atoms with Gasteiger partial charge in [-0.3, -0.25) is 4.79 Å². The number of morpholine rings is 1. The monoisotopic (exact) mass is 299 g/mol. The number of carbonyl (C=O) groups excluding carboxylic acids is 1. The lowest BCUT2D eigenvalue weighted by molar-refractivity contribution is 0.0298. The second kappa shape index (κ2) is 5.93. The molecule has 116 valence electrons. The van der Waals surface area contributed by atoms with Gasteiger partial charge in [0.2, 0.25) is 0 Å². The molecule has 0 atom stereocenters. The zero-order chi connectivity index (χ0) is 15.7. The van der Waals surface area contributed by atoms with Gasteiger partial charge in [-0.15, -0.1) is 0 Å². The summed E-state index contributed by atoms with van der Waals surface area (Å²) in [6, 6.07) is 8.06. The number of ether oxygens (including phenoxy) is 1. The Kier molecular flexibility index (Phi) is 3.98. The minimum atomic E-state index is -0.0195. The smallest absolute Gasteiger partial charge is 0.274 e. The lowest BCUT2D eigenvalue weighted by Crippen LogP contribution is -2.40. The van der Waals surface area contributed by atoms with Gasteiger partial charge in [0, 0.05) is 18.8 Å². The normalized spacial score (nSPS) is 15.1. The maximum absolute atomic E-state index is 12.5. The quantitative estimate of drug-likeness (QED) is 0.854. The average Bonchev–Trinajstić information content (AvgIpc) is 2.92. The van der Waals surface area contributed by atoms with E-state index in [2.05, 4.69) is 31.1 Å². The summed E-state index contributed by atoms with van der Waals surface area (Å²) in [6.45, 7) is 8.60. The molecule has 22 heavy (non-hydrogen) atoms. The van der Waals surface area contributed by atoms with Crippen LogP contribution in [0.3, 0.4) is 0 Å². The van der Waals surface area contributed by atoms with Gasteiger partial charge < -0.3 is 9.64 Å². The fourth-order valence-electron chi connectivity index (χ4n) is 2.63. The third kappa shape index (κ3) is 2.76. The Morgan fingerprint density at radius 3 is 2.50 bits per heavy atom. The fraction of sp³-hybridized carbons (Fsp3) is 0.412. The molecule has 1 aliphatic rings. The van der Waals surface area contributed by atoms with Gasteiger partial charge in [0.05, 0.1) is 18.9 Å². The number of carbonyl (C=O) groups is 1. The second-order valence-electron chi connectivity index (χ2n) is 5.76. The third-order valence-corrected chi connectivity index (χ3v) is 4.14. The average molecular weight is 299 g/mol. The van der Waals surface area contributed by atoms with Crippen molar-refractivity contribution < 1.29 is 9.53 Å². The molecule has 1 aromatic carbocycles. The summed E-state index contributed by atoms with van der Waals surface area (Å²) in [5.74, 6) is -0.0195. The summed E-state index contributed by atoms with van der Waals surface area (Å²) in [6.07, 6.45) is 0. The lowest BCUT2D eigenvalue weighted by Gasteiger charge is -2.25. The predicted molar refractivity (Wildman–Crippen MR) is 84.5 cm³/mol. The van der Waals surface area contributed by atoms with E-state index in [1.807, 2.05) is 23.7 Å². The minimum Gasteiger partial charge on any atom is -0.378 e. The molecule has 2 heterocycles. The van der Waals surface area contributed by atoms with Crippen LogP contribution in [0.4, 0.5) is 0 Å². The molecule has 5 heteroatoms. The molecule has 0 bridgehead atoms. The van der Waals surface area contributed by atoms with E-state index < -0.39 is 0 Å². The van der Waals surface area contributed by atoms with Gasteiger partial charge in [0.25, 0.3) is 5.91 Å². The molecule has 0 radical (unpaired) electrons. The Balaban J connectivity index is 1.89. The van der Waals surface area contributed by atoms with E-state index >= 15 is 0 Å². The molecule has 5 nitrogen and oxygen atoms in total. The van der Waals surface area contributed by atoms with E-state index in [0.29, 0.717) is 32.0 Å². The van der Waals surface area contributed by atoms with Gasteiger partial charge in [0.1, 0.15) is 0 Å². The molecule has 1 saturated heterocycles. The van der Waals surface area contributed by atoms with E-state index in [1.165, 1.54) is 11.1 Å². The van der Waals surface area contributed by atoms with Crippen molar-refractivity contribution in [3.8, 4) is 5.69 Å². The van der Waals surface area contributed by atoms with Gasteiger partial charge in [-0.2, -0.15) is 5.10 Å². The van der Waals surface area contributed by atoms with Gasteiger partial charge in [-0.25, -0.2) is 4.68 Å². The van der Waals surface area contributed by atoms with Crippen LogP contribution in [0.15, 0.2) is 24.3 Å². The van der Waals surface area contributed by atoms with Crippen molar-refractivity contribution >= 4 is 5.91 Å². The third-order valence-electron chi connectivity index (χ3n) is 4.14. The number of benzene rings is 1. The lowest BCUT2D eigenvalue weighted by atomic mass is 10.1. The van der Waals surface area contributed by atoms with Crippen molar-refractivity contribution in [1.29, 1.82) is 0 Å². The first kappa shape index (κ1) is 14.8. The van der Waals surface area contributed by atoms with E-state index in [-0.39, 0.29) is 5.91 Å². The minimum absolute atomic E-state index is 0.0195. The molecule has 0 N–H and O–H groups in total. The van der Waals surface area contributed by atoms with Crippen LogP contribution in [0.5, 0.6) is 0 Å². The number of amides is 1. The summed E-state index contributed by atoms with van der Waals surface area (Å²) >= 11 is 0. The fourth-order valence-corrected chi connectivity index (χ4v) is 2.63. The molecule has 0 aliphatic carbocycles. The van der Waals surface area contributed by atoms with Crippen molar-refractivity contribution in [3.05, 3.63) is 46.8 Å². The molecule has 1 fully saturated rings. The van der Waals surface area contributed by atoms with Crippen molar-refractivity contribution in [2.75, 3.05) is 26.3 Å². The molecule has 1 aromatic heterocycles. The summed E-state index contributed by atoms with van der Waals surface area (Å²) in [7, 11) is 0. The summed E-state index contributed by atoms with van der Waals surface area (Å²) in [4.78, 5) is 14.3. The highest BCUT2D eigenvalue weighted by Gasteiger charge is 2.21. The second-order valence-corrected chi connectivity index (χ2v) is 5.76. The van der Waals surface area contributed by atoms with Crippen molar-refractivity contribution in [1.82, 2.24) is 14.7 Å². The summed E-state index contributed by atoms with van der Waals surface area (Å²) in [5, 5.41) is 4.51. The molecule has 2 aromatic rings. The van der Waals surface area contributed by atoms with Crippen molar-refractivity contribution in [3.63, 3.8) is 0 Å². The first-order chi connectivity index (χ1) is 10.6. The highest BCUT2D eigenvalue weighted by Crippen LogP contribution is 2.17.